The molecule has 2 rings (SSSR count). The van der Waals surface area contributed by atoms with Crippen molar-refractivity contribution in [3.63, 3.8) is 0 Å². The number of aromatic amines is 1. The van der Waals surface area contributed by atoms with E-state index in [-0.39, 0.29) is 6.04 Å². The van der Waals surface area contributed by atoms with Crippen molar-refractivity contribution in [2.24, 2.45) is 5.73 Å². The predicted molar refractivity (Wildman–Crippen MR) is 72.8 cm³/mol. The van der Waals surface area contributed by atoms with Crippen LogP contribution in [0.25, 0.3) is 0 Å². The first-order valence-corrected chi connectivity index (χ1v) is 6.80. The van der Waals surface area contributed by atoms with Crippen LogP contribution in [0.15, 0.2) is 17.0 Å². The van der Waals surface area contributed by atoms with Crippen LogP contribution in [0.4, 0.5) is 0 Å². The topological polar surface area (TPSA) is 103 Å². The summed E-state index contributed by atoms with van der Waals surface area (Å²) in [6.45, 7) is 6.51. The van der Waals surface area contributed by atoms with Crippen LogP contribution in [-0.4, -0.2) is 26.7 Å². The highest BCUT2D eigenvalue weighted by molar-refractivity contribution is 5.05. The van der Waals surface area contributed by atoms with Crippen molar-refractivity contribution in [2.45, 2.75) is 45.3 Å². The second-order valence-corrected chi connectivity index (χ2v) is 4.86. The van der Waals surface area contributed by atoms with Gasteiger partial charge in [0.05, 0.1) is 12.4 Å². The molecule has 0 saturated heterocycles. The van der Waals surface area contributed by atoms with Crippen molar-refractivity contribution in [2.75, 3.05) is 6.61 Å². The highest BCUT2D eigenvalue weighted by atomic mass is 16.5. The predicted octanol–water partition coefficient (Wildman–Crippen LogP) is 1.70. The summed E-state index contributed by atoms with van der Waals surface area (Å²) in [7, 11) is 0. The maximum Gasteiger partial charge on any atom is 0.244 e. The summed E-state index contributed by atoms with van der Waals surface area (Å²) in [6.07, 6.45) is 4.67. The van der Waals surface area contributed by atoms with E-state index in [1.165, 1.54) is 0 Å². The van der Waals surface area contributed by atoms with Crippen LogP contribution in [0.3, 0.4) is 0 Å². The first-order chi connectivity index (χ1) is 9.59. The maximum absolute atomic E-state index is 6.07. The monoisotopic (exact) mass is 279 g/mol. The van der Waals surface area contributed by atoms with Crippen LogP contribution >= 0.6 is 0 Å². The van der Waals surface area contributed by atoms with Gasteiger partial charge in [0.2, 0.25) is 11.7 Å². The number of aromatic nitrogens is 4. The van der Waals surface area contributed by atoms with Crippen LogP contribution in [0, 0.1) is 0 Å². The Bertz CT molecular complexity index is 525. The number of H-pyrrole nitrogens is 1. The molecule has 7 heteroatoms. The van der Waals surface area contributed by atoms with E-state index in [4.69, 9.17) is 15.0 Å². The summed E-state index contributed by atoms with van der Waals surface area (Å²) < 4.78 is 11.0. The van der Waals surface area contributed by atoms with E-state index in [9.17, 15) is 0 Å². The molecule has 0 radical (unpaired) electrons. The Kier molecular flexibility index (Phi) is 4.51. The van der Waals surface area contributed by atoms with Gasteiger partial charge in [0.15, 0.2) is 0 Å². The van der Waals surface area contributed by atoms with Gasteiger partial charge in [-0.2, -0.15) is 4.98 Å². The molecule has 0 aliphatic rings. The number of rotatable bonds is 7. The van der Waals surface area contributed by atoms with Gasteiger partial charge < -0.3 is 20.0 Å². The minimum absolute atomic E-state index is 0.362. The second-order valence-electron chi connectivity index (χ2n) is 4.86. The molecule has 0 aliphatic heterocycles. The molecule has 0 spiro atoms. The third-order valence-electron chi connectivity index (χ3n) is 3.36. The number of nitrogens with two attached hydrogens (primary N) is 1. The molecular formula is C13H21N5O2. The molecular weight excluding hydrogens is 258 g/mol. The number of nitrogens with zero attached hydrogens (tertiary/aromatic N) is 3. The van der Waals surface area contributed by atoms with Gasteiger partial charge >= 0.3 is 0 Å². The molecule has 0 aliphatic carbocycles. The van der Waals surface area contributed by atoms with E-state index < -0.39 is 5.60 Å². The Labute approximate surface area is 117 Å². The molecule has 110 valence electrons. The van der Waals surface area contributed by atoms with Gasteiger partial charge in [0, 0.05) is 24.9 Å². The first kappa shape index (κ1) is 14.7. The minimum atomic E-state index is -0.537. The van der Waals surface area contributed by atoms with Gasteiger partial charge in [-0.3, -0.25) is 0 Å². The largest absolute Gasteiger partial charge is 0.367 e. The molecule has 2 aromatic heterocycles. The Hall–Kier alpha value is -1.73. The van der Waals surface area contributed by atoms with Gasteiger partial charge in [-0.05, 0) is 20.3 Å². The van der Waals surface area contributed by atoms with E-state index in [2.05, 4.69) is 20.1 Å². The molecule has 2 aromatic rings. The van der Waals surface area contributed by atoms with Gasteiger partial charge in [-0.1, -0.05) is 12.1 Å². The zero-order valence-electron chi connectivity index (χ0n) is 12.1. The summed E-state index contributed by atoms with van der Waals surface area (Å²) in [5.41, 5.74) is 6.47. The first-order valence-electron chi connectivity index (χ1n) is 6.80. The summed E-state index contributed by atoms with van der Waals surface area (Å²) in [5.74, 6) is 0.950. The Morgan fingerprint density at radius 1 is 1.50 bits per heavy atom. The zero-order valence-corrected chi connectivity index (χ0v) is 12.1. The number of nitrogens with one attached hydrogen (secondary N) is 1. The van der Waals surface area contributed by atoms with E-state index in [1.54, 1.807) is 12.5 Å². The normalized spacial score (nSPS) is 16.0. The minimum Gasteiger partial charge on any atom is -0.367 e. The van der Waals surface area contributed by atoms with E-state index in [0.29, 0.717) is 24.7 Å². The highest BCUT2D eigenvalue weighted by Crippen LogP contribution is 2.27. The van der Waals surface area contributed by atoms with E-state index >= 15 is 0 Å². The number of ether oxygens (including phenoxy) is 1. The van der Waals surface area contributed by atoms with Crippen molar-refractivity contribution in [3.05, 3.63) is 29.9 Å². The van der Waals surface area contributed by atoms with Crippen LogP contribution in [0.2, 0.25) is 0 Å². The van der Waals surface area contributed by atoms with Gasteiger partial charge in [-0.15, -0.1) is 0 Å². The number of imidazole rings is 1. The van der Waals surface area contributed by atoms with Crippen molar-refractivity contribution < 1.29 is 9.26 Å². The van der Waals surface area contributed by atoms with Crippen LogP contribution in [-0.2, 0) is 16.8 Å². The lowest BCUT2D eigenvalue weighted by Crippen LogP contribution is -2.27. The van der Waals surface area contributed by atoms with Crippen molar-refractivity contribution in [3.8, 4) is 0 Å². The SMILES string of the molecule is CCOC(C)(CC)c1noc(C(N)Cc2cnc[nH]2)n1. The molecule has 20 heavy (non-hydrogen) atoms. The molecule has 0 fully saturated rings. The maximum atomic E-state index is 6.07. The summed E-state index contributed by atoms with van der Waals surface area (Å²) in [6, 6.07) is -0.362. The summed E-state index contributed by atoms with van der Waals surface area (Å²) in [4.78, 5) is 11.3. The standard InChI is InChI=1S/C13H21N5O2/c1-4-13(3,19-5-2)12-17-11(20-18-12)10(14)6-9-7-15-8-16-9/h7-8,10H,4-6,14H2,1-3H3,(H,15,16). The summed E-state index contributed by atoms with van der Waals surface area (Å²) >= 11 is 0. The summed E-state index contributed by atoms with van der Waals surface area (Å²) in [5, 5.41) is 4.01. The zero-order chi connectivity index (χ0) is 14.6. The second kappa shape index (κ2) is 6.15. The molecule has 3 N–H and O–H groups in total. The van der Waals surface area contributed by atoms with E-state index in [0.717, 1.165) is 12.1 Å². The van der Waals surface area contributed by atoms with Crippen molar-refractivity contribution in [1.29, 1.82) is 0 Å². The molecule has 0 aromatic carbocycles. The van der Waals surface area contributed by atoms with E-state index in [1.807, 2.05) is 20.8 Å². The lowest BCUT2D eigenvalue weighted by atomic mass is 10.0. The fraction of sp³-hybridized carbons (Fsp3) is 0.615. The number of hydrogen-bond acceptors (Lipinski definition) is 6. The van der Waals surface area contributed by atoms with Crippen LogP contribution in [0.1, 0.15) is 50.6 Å². The molecule has 0 amide bonds. The lowest BCUT2D eigenvalue weighted by Gasteiger charge is -2.23. The van der Waals surface area contributed by atoms with Crippen molar-refractivity contribution in [1.82, 2.24) is 20.1 Å². The molecule has 7 nitrogen and oxygen atoms in total. The van der Waals surface area contributed by atoms with Crippen LogP contribution in [0.5, 0.6) is 0 Å². The van der Waals surface area contributed by atoms with Gasteiger partial charge in [0.25, 0.3) is 0 Å². The fourth-order valence-electron chi connectivity index (χ4n) is 1.96. The fourth-order valence-corrected chi connectivity index (χ4v) is 1.96. The molecule has 0 saturated carbocycles. The highest BCUT2D eigenvalue weighted by Gasteiger charge is 2.31. The van der Waals surface area contributed by atoms with Gasteiger partial charge in [0.1, 0.15) is 5.60 Å². The third kappa shape index (κ3) is 3.05. The van der Waals surface area contributed by atoms with Gasteiger partial charge in [-0.25, -0.2) is 4.98 Å². The average molecular weight is 279 g/mol. The molecule has 0 bridgehead atoms. The molecule has 2 unspecified atom stereocenters. The number of hydrogen-bond donors (Lipinski definition) is 2. The lowest BCUT2D eigenvalue weighted by molar-refractivity contribution is -0.0403. The Morgan fingerprint density at radius 3 is 2.90 bits per heavy atom. The smallest absolute Gasteiger partial charge is 0.244 e. The van der Waals surface area contributed by atoms with Crippen LogP contribution < -0.4 is 5.73 Å². The molecule has 2 atom stereocenters. The Morgan fingerprint density at radius 2 is 2.30 bits per heavy atom. The average Bonchev–Trinajstić information content (AvgIpc) is 3.09. The quantitative estimate of drug-likeness (QED) is 0.799. The Balaban J connectivity index is 2.11. The van der Waals surface area contributed by atoms with Crippen molar-refractivity contribution >= 4 is 0 Å². The molecule has 2 heterocycles. The third-order valence-corrected chi connectivity index (χ3v) is 3.36.